The highest BCUT2D eigenvalue weighted by Crippen LogP contribution is 2.18. The van der Waals surface area contributed by atoms with Crippen LogP contribution >= 0.6 is 0 Å². The lowest BCUT2D eigenvalue weighted by molar-refractivity contribution is -0.143. The van der Waals surface area contributed by atoms with Gasteiger partial charge >= 0.3 is 5.97 Å². The summed E-state index contributed by atoms with van der Waals surface area (Å²) in [5.41, 5.74) is 0. The van der Waals surface area contributed by atoms with Crippen LogP contribution in [0.2, 0.25) is 0 Å². The number of unbranched alkanes of at least 4 members (excludes halogenated alkanes) is 45. The van der Waals surface area contributed by atoms with Crippen molar-refractivity contribution in [2.24, 2.45) is 0 Å². The van der Waals surface area contributed by atoms with Crippen molar-refractivity contribution in [3.8, 4) is 0 Å². The van der Waals surface area contributed by atoms with Crippen LogP contribution in [0.4, 0.5) is 0 Å². The Morgan fingerprint density at radius 1 is 0.377 bits per heavy atom. The molecule has 77 heavy (non-hydrogen) atoms. The van der Waals surface area contributed by atoms with Crippen molar-refractivity contribution in [3.63, 3.8) is 0 Å². The highest BCUT2D eigenvalue weighted by atomic mass is 16.5. The Kier molecular flexibility index (Phi) is 64.0. The number of esters is 1. The number of carbonyl (C=O) groups is 2. The summed E-state index contributed by atoms with van der Waals surface area (Å²) in [6, 6.07) is -0.639. The number of allylic oxidation sites excluding steroid dienone is 9. The minimum atomic E-state index is -0.855. The van der Waals surface area contributed by atoms with Crippen molar-refractivity contribution >= 4 is 11.9 Å². The lowest BCUT2D eigenvalue weighted by Crippen LogP contribution is -2.45. The quantitative estimate of drug-likeness (QED) is 0.0244. The number of rotatable bonds is 63. The monoisotopic (exact) mass is 1080 g/mol. The number of nitrogens with one attached hydrogen (secondary N) is 1. The van der Waals surface area contributed by atoms with Gasteiger partial charge < -0.3 is 20.3 Å². The van der Waals surface area contributed by atoms with Crippen molar-refractivity contribution < 1.29 is 24.5 Å². The van der Waals surface area contributed by atoms with E-state index in [-0.39, 0.29) is 18.5 Å². The van der Waals surface area contributed by atoms with E-state index in [1.807, 2.05) is 6.08 Å². The van der Waals surface area contributed by atoms with Crippen LogP contribution in [0.1, 0.15) is 354 Å². The first-order chi connectivity index (χ1) is 38.0. The van der Waals surface area contributed by atoms with Gasteiger partial charge in [-0.25, -0.2) is 0 Å². The summed E-state index contributed by atoms with van der Waals surface area (Å²) in [7, 11) is 0. The molecular weight excluding hydrogens is 947 g/mol. The van der Waals surface area contributed by atoms with Gasteiger partial charge in [0, 0.05) is 12.8 Å². The molecule has 2 unspecified atom stereocenters. The molecule has 1 amide bonds. The predicted molar refractivity (Wildman–Crippen MR) is 338 cm³/mol. The lowest BCUT2D eigenvalue weighted by atomic mass is 10.0. The van der Waals surface area contributed by atoms with Gasteiger partial charge in [-0.1, -0.05) is 306 Å². The fraction of sp³-hybridized carbons (Fsp3) is 0.831. The second kappa shape index (κ2) is 66.1. The Hall–Kier alpha value is -2.44. The van der Waals surface area contributed by atoms with E-state index in [9.17, 15) is 19.8 Å². The molecule has 0 aliphatic rings. The van der Waals surface area contributed by atoms with Gasteiger partial charge in [-0.2, -0.15) is 0 Å². The molecule has 0 aromatic carbocycles. The molecule has 6 nitrogen and oxygen atoms in total. The third-order valence-electron chi connectivity index (χ3n) is 15.5. The van der Waals surface area contributed by atoms with Gasteiger partial charge in [0.25, 0.3) is 0 Å². The Morgan fingerprint density at radius 2 is 0.688 bits per heavy atom. The Morgan fingerprint density at radius 3 is 1.08 bits per heavy atom. The molecule has 0 aromatic rings. The second-order valence-corrected chi connectivity index (χ2v) is 23.2. The summed E-state index contributed by atoms with van der Waals surface area (Å²) in [6.45, 7) is 4.86. The average molecular weight is 1080 g/mol. The molecule has 2 atom stereocenters. The normalized spacial score (nSPS) is 12.9. The minimum Gasteiger partial charge on any atom is -0.466 e. The van der Waals surface area contributed by atoms with Gasteiger partial charge in [0.2, 0.25) is 5.91 Å². The van der Waals surface area contributed by atoms with Gasteiger partial charge in [-0.15, -0.1) is 0 Å². The van der Waals surface area contributed by atoms with Crippen molar-refractivity contribution in [2.45, 2.75) is 366 Å². The molecule has 0 saturated carbocycles. The smallest absolute Gasteiger partial charge is 0.305 e. The molecule has 0 heterocycles. The molecule has 0 radical (unpaired) electrons. The molecule has 0 aliphatic heterocycles. The van der Waals surface area contributed by atoms with E-state index in [0.29, 0.717) is 19.4 Å². The van der Waals surface area contributed by atoms with Crippen LogP contribution in [0, 0.1) is 0 Å². The van der Waals surface area contributed by atoms with E-state index in [4.69, 9.17) is 4.74 Å². The topological polar surface area (TPSA) is 95.9 Å². The van der Waals surface area contributed by atoms with Crippen LogP contribution in [0.5, 0.6) is 0 Å². The first-order valence-electron chi connectivity index (χ1n) is 34.1. The first kappa shape index (κ1) is 74.6. The van der Waals surface area contributed by atoms with Gasteiger partial charge in [0.15, 0.2) is 0 Å². The van der Waals surface area contributed by atoms with Crippen LogP contribution in [0.3, 0.4) is 0 Å². The van der Waals surface area contributed by atoms with Gasteiger partial charge in [-0.05, 0) is 96.3 Å². The zero-order valence-electron chi connectivity index (χ0n) is 51.4. The van der Waals surface area contributed by atoms with E-state index in [2.05, 4.69) is 67.8 Å². The van der Waals surface area contributed by atoms with Gasteiger partial charge in [-0.3, -0.25) is 9.59 Å². The number of hydrogen-bond acceptors (Lipinski definition) is 5. The van der Waals surface area contributed by atoms with E-state index in [1.165, 1.54) is 238 Å². The fourth-order valence-corrected chi connectivity index (χ4v) is 10.3. The maximum Gasteiger partial charge on any atom is 0.305 e. The lowest BCUT2D eigenvalue weighted by Gasteiger charge is -2.20. The predicted octanol–water partition coefficient (Wildman–Crippen LogP) is 21.9. The second-order valence-electron chi connectivity index (χ2n) is 23.2. The molecule has 0 rings (SSSR count). The van der Waals surface area contributed by atoms with Gasteiger partial charge in [0.1, 0.15) is 0 Å². The summed E-state index contributed by atoms with van der Waals surface area (Å²) >= 11 is 0. The summed E-state index contributed by atoms with van der Waals surface area (Å²) < 4.78 is 5.46. The van der Waals surface area contributed by atoms with E-state index < -0.39 is 12.1 Å². The number of aliphatic hydroxyl groups excluding tert-OH is 2. The maximum absolute atomic E-state index is 12.5. The molecule has 0 bridgehead atoms. The highest BCUT2D eigenvalue weighted by Gasteiger charge is 2.18. The zero-order chi connectivity index (χ0) is 55.7. The largest absolute Gasteiger partial charge is 0.466 e. The van der Waals surface area contributed by atoms with Crippen molar-refractivity contribution in [1.29, 1.82) is 0 Å². The van der Waals surface area contributed by atoms with Crippen LogP contribution < -0.4 is 5.32 Å². The molecule has 0 aliphatic carbocycles. The zero-order valence-corrected chi connectivity index (χ0v) is 51.4. The highest BCUT2D eigenvalue weighted by molar-refractivity contribution is 5.76. The average Bonchev–Trinajstić information content (AvgIpc) is 3.43. The van der Waals surface area contributed by atoms with Crippen LogP contribution in [0.15, 0.2) is 60.8 Å². The number of carbonyl (C=O) groups excluding carboxylic acids is 2. The Balaban J connectivity index is 3.51. The van der Waals surface area contributed by atoms with Crippen LogP contribution in [-0.4, -0.2) is 47.4 Å². The molecule has 0 spiro atoms. The number of aliphatic hydroxyl groups is 2. The number of ether oxygens (including phenoxy) is 1. The van der Waals surface area contributed by atoms with Crippen LogP contribution in [0.25, 0.3) is 0 Å². The number of hydrogen-bond donors (Lipinski definition) is 3. The molecule has 450 valence electrons. The fourth-order valence-electron chi connectivity index (χ4n) is 10.3. The Labute approximate surface area is 479 Å². The van der Waals surface area contributed by atoms with E-state index in [1.54, 1.807) is 6.08 Å². The standard InChI is InChI=1S/C71H131NO5/c1-3-5-7-9-11-13-15-17-19-21-22-23-24-25-26-27-29-32-35-39-43-47-51-55-59-63-69(74)68(67-73)72-70(75)64-60-56-52-48-44-40-36-33-30-28-31-34-38-42-46-50-54-58-62-66-77-71(76)65-61-57-53-49-45-41-37-20-18-16-14-12-10-8-6-4-2/h14,16,20,34,37-38,42,46,59,63,68-69,73-74H,3-13,15,17-19,21-33,35-36,39-41,43-45,47-58,60-62,64-67H2,1-2H3,(H,72,75)/b16-14-,37-20-,38-34-,46-42-,63-59+. The molecule has 0 fully saturated rings. The van der Waals surface area contributed by atoms with Crippen molar-refractivity contribution in [2.75, 3.05) is 13.2 Å². The summed E-state index contributed by atoms with van der Waals surface area (Å²) in [4.78, 5) is 24.6. The van der Waals surface area contributed by atoms with E-state index in [0.717, 1.165) is 89.9 Å². The van der Waals surface area contributed by atoms with Gasteiger partial charge in [0.05, 0.1) is 25.4 Å². The summed E-state index contributed by atoms with van der Waals surface area (Å²) in [5.74, 6) is -0.103. The maximum atomic E-state index is 12.5. The molecule has 6 heteroatoms. The molecule has 0 aromatic heterocycles. The first-order valence-corrected chi connectivity index (χ1v) is 34.1. The third-order valence-corrected chi connectivity index (χ3v) is 15.5. The van der Waals surface area contributed by atoms with Crippen LogP contribution in [-0.2, 0) is 14.3 Å². The summed E-state index contributed by atoms with van der Waals surface area (Å²) in [6.07, 6.45) is 87.1. The summed E-state index contributed by atoms with van der Waals surface area (Å²) in [5, 5.41) is 23.3. The Bertz CT molecular complexity index is 1340. The molecular formula is C71H131NO5. The van der Waals surface area contributed by atoms with E-state index >= 15 is 0 Å². The van der Waals surface area contributed by atoms with Crippen molar-refractivity contribution in [3.05, 3.63) is 60.8 Å². The number of amides is 1. The SMILES string of the molecule is CCCCCC/C=C\C/C=C\CCCCCCCC(=O)OCCCCC/C=C\C=C/CCCCCCCCCCCCC(=O)NC(CO)C(O)/C=C/CCCCCCCCCCCCCCCCCCCCCCCCC. The minimum absolute atomic E-state index is 0.0276. The third kappa shape index (κ3) is 62.6. The molecule has 3 N–H and O–H groups in total. The van der Waals surface area contributed by atoms with Crippen molar-refractivity contribution in [1.82, 2.24) is 5.32 Å². The molecule has 0 saturated heterocycles.